The van der Waals surface area contributed by atoms with Gasteiger partial charge in [-0.1, -0.05) is 13.3 Å². The number of rotatable bonds is 8. The van der Waals surface area contributed by atoms with Crippen molar-refractivity contribution in [1.29, 1.82) is 0 Å². The summed E-state index contributed by atoms with van der Waals surface area (Å²) in [5.74, 6) is 0.284. The van der Waals surface area contributed by atoms with Gasteiger partial charge in [0.25, 0.3) is 0 Å². The van der Waals surface area contributed by atoms with Crippen LogP contribution in [-0.2, 0) is 9.53 Å². The molecule has 116 valence electrons. The van der Waals surface area contributed by atoms with Gasteiger partial charge in [-0.05, 0) is 48.1 Å². The molecule has 21 heavy (non-hydrogen) atoms. The second kappa shape index (κ2) is 6.46. The van der Waals surface area contributed by atoms with E-state index in [1.165, 1.54) is 5.56 Å². The van der Waals surface area contributed by atoms with Crippen molar-refractivity contribution in [1.82, 2.24) is 10.2 Å². The second-order valence-electron chi connectivity index (χ2n) is 6.00. The topological polar surface area (TPSA) is 41.6 Å². The minimum absolute atomic E-state index is 0.0573. The van der Waals surface area contributed by atoms with Crippen LogP contribution in [0.25, 0.3) is 0 Å². The number of amides is 1. The molecule has 1 spiro atoms. The summed E-state index contributed by atoms with van der Waals surface area (Å²) in [6.45, 7) is 4.52. The Morgan fingerprint density at radius 2 is 2.24 bits per heavy atom. The van der Waals surface area contributed by atoms with Crippen LogP contribution in [0.4, 0.5) is 0 Å². The van der Waals surface area contributed by atoms with Crippen LogP contribution >= 0.6 is 11.3 Å². The van der Waals surface area contributed by atoms with Crippen LogP contribution in [0.3, 0.4) is 0 Å². The van der Waals surface area contributed by atoms with Crippen LogP contribution in [0.1, 0.15) is 50.8 Å². The Bertz CT molecular complexity index is 471. The minimum atomic E-state index is -0.240. The molecule has 0 bridgehead atoms. The fourth-order valence-corrected chi connectivity index (χ4v) is 3.57. The van der Waals surface area contributed by atoms with E-state index in [9.17, 15) is 4.79 Å². The average molecular weight is 308 g/mol. The highest BCUT2D eigenvalue weighted by Crippen LogP contribution is 2.46. The molecule has 1 aromatic rings. The molecule has 1 aliphatic carbocycles. The molecule has 4 nitrogen and oxygen atoms in total. The van der Waals surface area contributed by atoms with Gasteiger partial charge in [0.15, 0.2) is 0 Å². The predicted octanol–water partition coefficient (Wildman–Crippen LogP) is 2.92. The van der Waals surface area contributed by atoms with E-state index >= 15 is 0 Å². The highest BCUT2D eigenvalue weighted by atomic mass is 32.1. The van der Waals surface area contributed by atoms with Crippen molar-refractivity contribution in [2.24, 2.45) is 0 Å². The van der Waals surface area contributed by atoms with Crippen molar-refractivity contribution in [2.75, 3.05) is 19.8 Å². The van der Waals surface area contributed by atoms with Crippen molar-refractivity contribution in [3.63, 3.8) is 0 Å². The summed E-state index contributed by atoms with van der Waals surface area (Å²) in [6.07, 6.45) is 5.21. The Hall–Kier alpha value is -0.910. The quantitative estimate of drug-likeness (QED) is 0.751. The van der Waals surface area contributed by atoms with Gasteiger partial charge in [0.05, 0.1) is 0 Å². The Labute approximate surface area is 130 Å². The van der Waals surface area contributed by atoms with Crippen molar-refractivity contribution in [2.45, 2.75) is 50.7 Å². The summed E-state index contributed by atoms with van der Waals surface area (Å²) in [7, 11) is 0. The van der Waals surface area contributed by atoms with Gasteiger partial charge in [-0.15, -0.1) is 0 Å². The molecular weight excluding hydrogens is 284 g/mol. The zero-order valence-corrected chi connectivity index (χ0v) is 13.5. The maximum absolute atomic E-state index is 12.6. The Balaban J connectivity index is 1.55. The summed E-state index contributed by atoms with van der Waals surface area (Å²) < 4.78 is 5.61. The molecule has 1 saturated heterocycles. The first-order valence-electron chi connectivity index (χ1n) is 7.95. The summed E-state index contributed by atoms with van der Waals surface area (Å²) in [5, 5.41) is 7.76. The molecule has 1 aromatic heterocycles. The van der Waals surface area contributed by atoms with E-state index < -0.39 is 0 Å². The summed E-state index contributed by atoms with van der Waals surface area (Å²) in [5.41, 5.74) is 0.972. The lowest BCUT2D eigenvalue weighted by atomic mass is 10.2. The zero-order valence-electron chi connectivity index (χ0n) is 12.6. The predicted molar refractivity (Wildman–Crippen MR) is 84.2 cm³/mol. The van der Waals surface area contributed by atoms with Gasteiger partial charge < -0.3 is 9.64 Å². The number of hydrogen-bond acceptors (Lipinski definition) is 4. The number of carbonyl (C=O) groups excluding carboxylic acids is 1. The van der Waals surface area contributed by atoms with Crippen molar-refractivity contribution in [3.8, 4) is 0 Å². The fraction of sp³-hybridized carbons (Fsp3) is 0.688. The molecule has 2 aliphatic rings. The number of ether oxygens (including phenoxy) is 1. The van der Waals surface area contributed by atoms with E-state index in [1.54, 1.807) is 11.3 Å². The van der Waals surface area contributed by atoms with Gasteiger partial charge in [0.2, 0.25) is 5.91 Å². The third-order valence-corrected chi connectivity index (χ3v) is 5.04. The second-order valence-corrected chi connectivity index (χ2v) is 6.78. The van der Waals surface area contributed by atoms with Gasteiger partial charge in [-0.3, -0.25) is 10.1 Å². The van der Waals surface area contributed by atoms with E-state index in [2.05, 4.69) is 29.1 Å². The molecule has 1 N–H and O–H groups in total. The van der Waals surface area contributed by atoms with Crippen LogP contribution in [0.2, 0.25) is 0 Å². The Morgan fingerprint density at radius 3 is 2.90 bits per heavy atom. The molecule has 3 rings (SSSR count). The molecule has 1 aliphatic heterocycles. The van der Waals surface area contributed by atoms with Gasteiger partial charge >= 0.3 is 0 Å². The lowest BCUT2D eigenvalue weighted by Crippen LogP contribution is -2.33. The largest absolute Gasteiger partial charge is 0.381 e. The number of nitrogens with one attached hydrogen (secondary N) is 1. The van der Waals surface area contributed by atoms with Crippen LogP contribution in [0.5, 0.6) is 0 Å². The third kappa shape index (κ3) is 3.15. The smallest absolute Gasteiger partial charge is 0.244 e. The highest BCUT2D eigenvalue weighted by molar-refractivity contribution is 7.07. The molecule has 1 atom stereocenters. The minimum Gasteiger partial charge on any atom is -0.381 e. The molecular formula is C16H24N2O2S. The number of thiophene rings is 1. The first-order valence-corrected chi connectivity index (χ1v) is 8.90. The first kappa shape index (κ1) is 15.0. The van der Waals surface area contributed by atoms with E-state index in [4.69, 9.17) is 4.74 Å². The van der Waals surface area contributed by atoms with Crippen LogP contribution < -0.4 is 5.32 Å². The summed E-state index contributed by atoms with van der Waals surface area (Å²) in [6, 6.07) is 2.11. The summed E-state index contributed by atoms with van der Waals surface area (Å²) >= 11 is 1.69. The van der Waals surface area contributed by atoms with Gasteiger partial charge in [0, 0.05) is 19.8 Å². The highest BCUT2D eigenvalue weighted by Gasteiger charge is 2.59. The number of carbonyl (C=O) groups is 1. The SMILES string of the molecule is CCCCOCCCN1C(=O)C2(CC2)NC1c1ccsc1. The number of nitrogens with zero attached hydrogens (tertiary/aromatic N) is 1. The number of hydrogen-bond donors (Lipinski definition) is 1. The number of unbranched alkanes of at least 4 members (excludes halogenated alkanes) is 1. The van der Waals surface area contributed by atoms with Crippen LogP contribution in [0, 0.1) is 0 Å². The van der Waals surface area contributed by atoms with Gasteiger partial charge in [-0.2, -0.15) is 11.3 Å². The van der Waals surface area contributed by atoms with Crippen molar-refractivity contribution < 1.29 is 9.53 Å². The van der Waals surface area contributed by atoms with Crippen LogP contribution in [0.15, 0.2) is 16.8 Å². The van der Waals surface area contributed by atoms with Crippen molar-refractivity contribution in [3.05, 3.63) is 22.4 Å². The average Bonchev–Trinajstić information content (AvgIpc) is 2.96. The third-order valence-electron chi connectivity index (χ3n) is 4.33. The molecule has 1 unspecified atom stereocenters. The van der Waals surface area contributed by atoms with Crippen LogP contribution in [-0.4, -0.2) is 36.1 Å². The molecule has 1 saturated carbocycles. The maximum atomic E-state index is 12.6. The van der Waals surface area contributed by atoms with Gasteiger partial charge in [-0.25, -0.2) is 0 Å². The Kier molecular flexibility index (Phi) is 4.62. The maximum Gasteiger partial charge on any atom is 0.244 e. The molecule has 2 fully saturated rings. The van der Waals surface area contributed by atoms with E-state index in [0.717, 1.165) is 51.9 Å². The van der Waals surface area contributed by atoms with Gasteiger partial charge in [0.1, 0.15) is 11.7 Å². The molecule has 5 heteroatoms. The monoisotopic (exact) mass is 308 g/mol. The molecule has 0 aromatic carbocycles. The zero-order chi connectivity index (χ0) is 14.7. The standard InChI is InChI=1S/C16H24N2O2S/c1-2-3-9-20-10-4-8-18-14(13-5-11-21-12-13)17-16(6-7-16)15(18)19/h5,11-12,14,17H,2-4,6-10H2,1H3. The Morgan fingerprint density at radius 1 is 1.43 bits per heavy atom. The lowest BCUT2D eigenvalue weighted by molar-refractivity contribution is -0.131. The normalized spacial score (nSPS) is 23.2. The van der Waals surface area contributed by atoms with E-state index in [-0.39, 0.29) is 17.6 Å². The van der Waals surface area contributed by atoms with E-state index in [0.29, 0.717) is 0 Å². The summed E-state index contributed by atoms with van der Waals surface area (Å²) in [4.78, 5) is 14.6. The first-order chi connectivity index (χ1) is 10.3. The molecule has 1 amide bonds. The van der Waals surface area contributed by atoms with E-state index in [1.807, 2.05) is 4.90 Å². The van der Waals surface area contributed by atoms with Crippen molar-refractivity contribution >= 4 is 17.2 Å². The lowest BCUT2D eigenvalue weighted by Gasteiger charge is -2.23. The molecule has 0 radical (unpaired) electrons. The molecule has 2 heterocycles. The fourth-order valence-electron chi connectivity index (χ4n) is 2.89.